The van der Waals surface area contributed by atoms with Crippen molar-refractivity contribution in [3.05, 3.63) is 136 Å². The van der Waals surface area contributed by atoms with Crippen LogP contribution < -0.4 is 0 Å². The molecule has 0 atom stereocenters. The van der Waals surface area contributed by atoms with Gasteiger partial charge in [0.2, 0.25) is 0 Å². The molecule has 0 unspecified atom stereocenters. The van der Waals surface area contributed by atoms with E-state index in [1.54, 1.807) is 30.3 Å². The number of carboxylic acids is 1. The quantitative estimate of drug-likeness (QED) is 0.189. The van der Waals surface area contributed by atoms with Crippen LogP contribution in [-0.4, -0.2) is 25.1 Å². The number of aromatic carboxylic acids is 1. The zero-order valence-electron chi connectivity index (χ0n) is 20.3. The van der Waals surface area contributed by atoms with Crippen LogP contribution in [0.3, 0.4) is 0 Å². The highest BCUT2D eigenvalue weighted by molar-refractivity contribution is 5.90. The molecule has 7 heteroatoms. The van der Waals surface area contributed by atoms with E-state index in [1.165, 1.54) is 6.07 Å². The molecule has 6 aromatic rings. The van der Waals surface area contributed by atoms with Gasteiger partial charge in [0.05, 0.1) is 10.5 Å². The van der Waals surface area contributed by atoms with E-state index in [2.05, 4.69) is 57.7 Å². The van der Waals surface area contributed by atoms with Crippen LogP contribution in [0.15, 0.2) is 109 Å². The third-order valence-corrected chi connectivity index (χ3v) is 6.88. The average Bonchev–Trinajstić information content (AvgIpc) is 3.52. The van der Waals surface area contributed by atoms with Crippen LogP contribution in [0.2, 0.25) is 0 Å². The first kappa shape index (κ1) is 23.2. The number of nitro benzene ring substituents is 1. The summed E-state index contributed by atoms with van der Waals surface area (Å²) in [6.07, 6.45) is 4.03. The van der Waals surface area contributed by atoms with Crippen LogP contribution in [0, 0.1) is 10.1 Å². The fourth-order valence-electron chi connectivity index (χ4n) is 4.97. The lowest BCUT2D eigenvalue weighted by Gasteiger charge is -2.10. The molecule has 0 aliphatic heterocycles. The van der Waals surface area contributed by atoms with Gasteiger partial charge >= 0.3 is 5.97 Å². The molecule has 0 aliphatic carbocycles. The lowest BCUT2D eigenvalue weighted by atomic mass is 10.0. The Balaban J connectivity index is 1.34. The van der Waals surface area contributed by atoms with E-state index in [-0.39, 0.29) is 16.2 Å². The highest BCUT2D eigenvalue weighted by Gasteiger charge is 2.11. The van der Waals surface area contributed by atoms with E-state index in [0.717, 1.165) is 44.1 Å². The summed E-state index contributed by atoms with van der Waals surface area (Å²) >= 11 is 0. The average molecular weight is 502 g/mol. The second-order valence-electron chi connectivity index (χ2n) is 9.37. The highest BCUT2D eigenvalue weighted by Crippen LogP contribution is 2.29. The van der Waals surface area contributed by atoms with Crippen molar-refractivity contribution in [3.8, 4) is 11.1 Å². The number of benzene rings is 4. The van der Waals surface area contributed by atoms with Crippen molar-refractivity contribution in [1.29, 1.82) is 0 Å². The Bertz CT molecular complexity index is 1710. The number of carboxylic acid groups (broad SMARTS) is 1. The number of hydrogen-bond acceptors (Lipinski definition) is 3. The molecule has 0 aliphatic rings. The molecule has 0 saturated heterocycles. The Kier molecular flexibility index (Phi) is 5.73. The van der Waals surface area contributed by atoms with Gasteiger partial charge in [-0.15, -0.1) is 0 Å². The van der Waals surface area contributed by atoms with Gasteiger partial charge < -0.3 is 14.2 Å². The number of rotatable bonds is 7. The van der Waals surface area contributed by atoms with Gasteiger partial charge in [-0.05, 0) is 69.4 Å². The predicted octanol–water partition coefficient (Wildman–Crippen LogP) is 6.97. The largest absolute Gasteiger partial charge is 0.478 e. The first-order valence-electron chi connectivity index (χ1n) is 12.2. The van der Waals surface area contributed by atoms with Crippen molar-refractivity contribution in [2.75, 3.05) is 0 Å². The molecular weight excluding hydrogens is 478 g/mol. The summed E-state index contributed by atoms with van der Waals surface area (Å²) in [6, 6.07) is 30.6. The van der Waals surface area contributed by atoms with Crippen molar-refractivity contribution in [1.82, 2.24) is 9.13 Å². The van der Waals surface area contributed by atoms with E-state index >= 15 is 0 Å². The molecule has 0 fully saturated rings. The maximum absolute atomic E-state index is 11.4. The lowest BCUT2D eigenvalue weighted by Crippen LogP contribution is -2.01. The Labute approximate surface area is 218 Å². The molecule has 0 bridgehead atoms. The molecule has 186 valence electrons. The Morgan fingerprint density at radius 1 is 0.711 bits per heavy atom. The van der Waals surface area contributed by atoms with Gasteiger partial charge in [0.15, 0.2) is 0 Å². The molecule has 1 N–H and O–H groups in total. The molecule has 0 radical (unpaired) electrons. The lowest BCUT2D eigenvalue weighted by molar-refractivity contribution is -0.384. The van der Waals surface area contributed by atoms with Gasteiger partial charge in [0.25, 0.3) is 5.69 Å². The normalized spacial score (nSPS) is 11.3. The van der Waals surface area contributed by atoms with Crippen LogP contribution in [0.25, 0.3) is 32.9 Å². The Morgan fingerprint density at radius 3 is 1.82 bits per heavy atom. The number of hydrogen-bond donors (Lipinski definition) is 1. The second kappa shape index (κ2) is 9.37. The third-order valence-electron chi connectivity index (χ3n) is 6.88. The summed E-state index contributed by atoms with van der Waals surface area (Å²) in [7, 11) is 0. The third kappa shape index (κ3) is 4.41. The van der Waals surface area contributed by atoms with Crippen molar-refractivity contribution in [2.24, 2.45) is 0 Å². The summed E-state index contributed by atoms with van der Waals surface area (Å²) in [4.78, 5) is 22.2. The number of fused-ring (bicyclic) bond motifs is 2. The van der Waals surface area contributed by atoms with Gasteiger partial charge in [0, 0.05) is 48.6 Å². The van der Waals surface area contributed by atoms with Gasteiger partial charge in [-0.1, -0.05) is 48.5 Å². The van der Waals surface area contributed by atoms with Crippen molar-refractivity contribution < 1.29 is 14.8 Å². The van der Waals surface area contributed by atoms with Crippen molar-refractivity contribution in [2.45, 2.75) is 13.1 Å². The summed E-state index contributed by atoms with van der Waals surface area (Å²) in [6.45, 7) is 1.10. The second-order valence-corrected chi connectivity index (χ2v) is 9.37. The van der Waals surface area contributed by atoms with Gasteiger partial charge in [-0.25, -0.2) is 4.79 Å². The predicted molar refractivity (Wildman–Crippen MR) is 148 cm³/mol. The SMILES string of the molecule is O=C(O)c1cccc(Cn2ccc3ccc(-c4ccc5ccn(Cc6cccc([N+](=O)[O-])c6)c5c4)cc32)c1. The number of nitro groups is 1. The Morgan fingerprint density at radius 2 is 1.26 bits per heavy atom. The number of carbonyl (C=O) groups is 1. The van der Waals surface area contributed by atoms with Crippen molar-refractivity contribution >= 4 is 33.5 Å². The molecule has 0 saturated carbocycles. The molecule has 4 aromatic carbocycles. The number of non-ortho nitro benzene ring substituents is 1. The number of aromatic nitrogens is 2. The van der Waals surface area contributed by atoms with Crippen LogP contribution in [0.4, 0.5) is 5.69 Å². The van der Waals surface area contributed by atoms with Gasteiger partial charge in [-0.2, -0.15) is 0 Å². The summed E-state index contributed by atoms with van der Waals surface area (Å²) < 4.78 is 4.23. The minimum Gasteiger partial charge on any atom is -0.478 e. The van der Waals surface area contributed by atoms with Crippen LogP contribution in [0.1, 0.15) is 21.5 Å². The molecule has 6 rings (SSSR count). The van der Waals surface area contributed by atoms with Gasteiger partial charge in [-0.3, -0.25) is 10.1 Å². The van der Waals surface area contributed by atoms with Gasteiger partial charge in [0.1, 0.15) is 0 Å². The maximum atomic E-state index is 11.4. The minimum atomic E-state index is -0.933. The van der Waals surface area contributed by atoms with E-state index in [4.69, 9.17) is 0 Å². The molecular formula is C31H23N3O4. The molecule has 0 spiro atoms. The zero-order valence-corrected chi connectivity index (χ0v) is 20.3. The summed E-state index contributed by atoms with van der Waals surface area (Å²) in [5.74, 6) is -0.933. The van der Waals surface area contributed by atoms with Crippen LogP contribution >= 0.6 is 0 Å². The van der Waals surface area contributed by atoms with Crippen LogP contribution in [-0.2, 0) is 13.1 Å². The topological polar surface area (TPSA) is 90.3 Å². The molecule has 7 nitrogen and oxygen atoms in total. The summed E-state index contributed by atoms with van der Waals surface area (Å²) in [5.41, 5.74) is 6.42. The van der Waals surface area contributed by atoms with E-state index in [0.29, 0.717) is 13.1 Å². The number of nitrogens with zero attached hydrogens (tertiary/aromatic N) is 3. The fraction of sp³-hybridized carbons (Fsp3) is 0.0645. The molecule has 2 heterocycles. The molecule has 2 aromatic heterocycles. The molecule has 38 heavy (non-hydrogen) atoms. The minimum absolute atomic E-state index is 0.0886. The smallest absolute Gasteiger partial charge is 0.335 e. The maximum Gasteiger partial charge on any atom is 0.335 e. The zero-order chi connectivity index (χ0) is 26.2. The highest BCUT2D eigenvalue weighted by atomic mass is 16.6. The van der Waals surface area contributed by atoms with E-state index in [9.17, 15) is 20.0 Å². The standard InChI is InChI=1S/C31H23N3O4/c35-31(36)27-5-1-3-21(15-27)19-32-13-11-23-7-9-25(17-29(23)32)26-10-8-24-12-14-33(30(24)18-26)20-22-4-2-6-28(16-22)34(37)38/h1-18H,19-20H2,(H,35,36). The van der Waals surface area contributed by atoms with E-state index < -0.39 is 5.97 Å². The fourth-order valence-corrected chi connectivity index (χ4v) is 4.97. The van der Waals surface area contributed by atoms with E-state index in [1.807, 2.05) is 24.5 Å². The van der Waals surface area contributed by atoms with Crippen molar-refractivity contribution in [3.63, 3.8) is 0 Å². The summed E-state index contributed by atoms with van der Waals surface area (Å²) in [5, 5.41) is 22.7. The Hall–Kier alpha value is -5.17. The molecule has 0 amide bonds. The first-order chi connectivity index (χ1) is 18.4. The monoisotopic (exact) mass is 501 g/mol. The van der Waals surface area contributed by atoms with Crippen LogP contribution in [0.5, 0.6) is 0 Å². The first-order valence-corrected chi connectivity index (χ1v) is 12.2.